The molecule has 1 aliphatic carbocycles. The van der Waals surface area contributed by atoms with Gasteiger partial charge in [0, 0.05) is 19.5 Å². The number of fused-ring (bicyclic) bond motifs is 1. The van der Waals surface area contributed by atoms with Crippen LogP contribution in [0.3, 0.4) is 0 Å². The first-order valence-electron chi connectivity index (χ1n) is 7.52. The molecule has 1 aliphatic heterocycles. The lowest BCUT2D eigenvalue weighted by Crippen LogP contribution is -2.46. The van der Waals surface area contributed by atoms with Crippen molar-refractivity contribution in [3.8, 4) is 0 Å². The second-order valence-electron chi connectivity index (χ2n) is 6.21. The van der Waals surface area contributed by atoms with E-state index in [4.69, 9.17) is 0 Å². The Morgan fingerprint density at radius 1 is 1.44 bits per heavy atom. The topological polar surface area (TPSA) is 29.9 Å². The maximum Gasteiger partial charge on any atom is 0.0952 e. The Hall–Kier alpha value is -0.830. The maximum absolute atomic E-state index is 4.67. The molecule has 0 aromatic carbocycles. The van der Waals surface area contributed by atoms with Gasteiger partial charge < -0.3 is 9.88 Å². The summed E-state index contributed by atoms with van der Waals surface area (Å²) >= 11 is 0. The number of hydrogen-bond donors (Lipinski definition) is 1. The normalized spacial score (nSPS) is 28.6. The van der Waals surface area contributed by atoms with Gasteiger partial charge in [0.15, 0.2) is 0 Å². The van der Waals surface area contributed by atoms with Crippen LogP contribution in [-0.4, -0.2) is 16.1 Å². The van der Waals surface area contributed by atoms with E-state index >= 15 is 0 Å². The summed E-state index contributed by atoms with van der Waals surface area (Å²) in [5.74, 6) is 0.881. The molecule has 0 bridgehead atoms. The van der Waals surface area contributed by atoms with Gasteiger partial charge >= 0.3 is 0 Å². The number of aromatic nitrogens is 2. The molecule has 18 heavy (non-hydrogen) atoms. The van der Waals surface area contributed by atoms with Crippen LogP contribution in [0.1, 0.15) is 57.3 Å². The highest BCUT2D eigenvalue weighted by molar-refractivity contribution is 5.26. The molecule has 1 aromatic rings. The van der Waals surface area contributed by atoms with Crippen LogP contribution in [0.15, 0.2) is 6.33 Å². The van der Waals surface area contributed by atoms with Crippen LogP contribution in [0, 0.1) is 5.92 Å². The first-order chi connectivity index (χ1) is 8.73. The van der Waals surface area contributed by atoms with Crippen LogP contribution in [-0.2, 0) is 18.5 Å². The zero-order chi connectivity index (χ0) is 12.6. The van der Waals surface area contributed by atoms with Gasteiger partial charge in [-0.15, -0.1) is 0 Å². The average molecular weight is 247 g/mol. The van der Waals surface area contributed by atoms with Gasteiger partial charge in [0.1, 0.15) is 0 Å². The number of imidazole rings is 1. The van der Waals surface area contributed by atoms with Crippen LogP contribution in [0.4, 0.5) is 0 Å². The fourth-order valence-electron chi connectivity index (χ4n) is 3.68. The van der Waals surface area contributed by atoms with Crippen LogP contribution in [0.5, 0.6) is 0 Å². The fourth-order valence-corrected chi connectivity index (χ4v) is 3.68. The molecule has 3 rings (SSSR count). The molecule has 2 heterocycles. The lowest BCUT2D eigenvalue weighted by molar-refractivity contribution is 0.303. The molecule has 1 unspecified atom stereocenters. The second-order valence-corrected chi connectivity index (χ2v) is 6.21. The van der Waals surface area contributed by atoms with Gasteiger partial charge in [-0.3, -0.25) is 0 Å². The van der Waals surface area contributed by atoms with E-state index < -0.39 is 0 Å². The van der Waals surface area contributed by atoms with Gasteiger partial charge in [-0.2, -0.15) is 0 Å². The Morgan fingerprint density at radius 2 is 2.22 bits per heavy atom. The highest BCUT2D eigenvalue weighted by Gasteiger charge is 2.34. The standard InChI is InChI=1S/C15H25N3/c1-3-15(2)14-13(8-9-17-15)16-11-18(14)10-12-6-4-5-7-12/h11-12,17H,3-10H2,1-2H3. The molecule has 1 N–H and O–H groups in total. The van der Waals surface area contributed by atoms with Crippen molar-refractivity contribution in [2.24, 2.45) is 5.92 Å². The summed E-state index contributed by atoms with van der Waals surface area (Å²) in [4.78, 5) is 4.67. The van der Waals surface area contributed by atoms with Gasteiger partial charge in [0.05, 0.1) is 23.3 Å². The molecule has 3 nitrogen and oxygen atoms in total. The fraction of sp³-hybridized carbons (Fsp3) is 0.800. The number of nitrogens with one attached hydrogen (secondary N) is 1. The Kier molecular flexibility index (Phi) is 3.18. The average Bonchev–Trinajstić information content (AvgIpc) is 3.01. The van der Waals surface area contributed by atoms with Crippen molar-refractivity contribution in [1.82, 2.24) is 14.9 Å². The SMILES string of the molecule is CCC1(C)NCCc2ncn(CC3CCCC3)c21. The van der Waals surface area contributed by atoms with Gasteiger partial charge in [-0.25, -0.2) is 4.98 Å². The summed E-state index contributed by atoms with van der Waals surface area (Å²) in [6.07, 6.45) is 9.96. The smallest absolute Gasteiger partial charge is 0.0952 e. The highest BCUT2D eigenvalue weighted by atomic mass is 15.1. The molecule has 1 fully saturated rings. The summed E-state index contributed by atoms with van der Waals surface area (Å²) in [6, 6.07) is 0. The van der Waals surface area contributed by atoms with Crippen LogP contribution in [0.2, 0.25) is 0 Å². The third kappa shape index (κ3) is 1.99. The maximum atomic E-state index is 4.67. The Bertz CT molecular complexity index is 417. The molecule has 3 heteroatoms. The predicted molar refractivity (Wildman–Crippen MR) is 73.5 cm³/mol. The van der Waals surface area contributed by atoms with Gasteiger partial charge in [0.2, 0.25) is 0 Å². The van der Waals surface area contributed by atoms with Crippen molar-refractivity contribution in [2.45, 2.75) is 64.5 Å². The summed E-state index contributed by atoms with van der Waals surface area (Å²) < 4.78 is 2.45. The van der Waals surface area contributed by atoms with E-state index in [9.17, 15) is 0 Å². The zero-order valence-corrected chi connectivity index (χ0v) is 11.7. The minimum atomic E-state index is 0.128. The van der Waals surface area contributed by atoms with Crippen LogP contribution < -0.4 is 5.32 Å². The van der Waals surface area contributed by atoms with E-state index in [0.717, 1.165) is 25.3 Å². The first-order valence-corrected chi connectivity index (χ1v) is 7.52. The zero-order valence-electron chi connectivity index (χ0n) is 11.7. The van der Waals surface area contributed by atoms with Crippen molar-refractivity contribution in [3.63, 3.8) is 0 Å². The Labute approximate surface area is 110 Å². The first kappa shape index (κ1) is 12.2. The van der Waals surface area contributed by atoms with Crippen LogP contribution in [0.25, 0.3) is 0 Å². The van der Waals surface area contributed by atoms with E-state index in [1.54, 1.807) is 0 Å². The Morgan fingerprint density at radius 3 is 2.94 bits per heavy atom. The lowest BCUT2D eigenvalue weighted by atomic mass is 9.88. The van der Waals surface area contributed by atoms with E-state index in [2.05, 4.69) is 35.0 Å². The summed E-state index contributed by atoms with van der Waals surface area (Å²) in [5, 5.41) is 3.69. The molecule has 1 aromatic heterocycles. The molecule has 0 radical (unpaired) electrons. The molecular weight excluding hydrogens is 222 g/mol. The van der Waals surface area contributed by atoms with Gasteiger partial charge in [0.25, 0.3) is 0 Å². The highest BCUT2D eigenvalue weighted by Crippen LogP contribution is 2.33. The third-order valence-corrected chi connectivity index (χ3v) is 4.95. The van der Waals surface area contributed by atoms with Crippen molar-refractivity contribution in [3.05, 3.63) is 17.7 Å². The third-order valence-electron chi connectivity index (χ3n) is 4.95. The number of hydrogen-bond acceptors (Lipinski definition) is 2. The van der Waals surface area contributed by atoms with E-state index in [1.165, 1.54) is 43.6 Å². The van der Waals surface area contributed by atoms with Gasteiger partial charge in [-0.1, -0.05) is 19.8 Å². The summed E-state index contributed by atoms with van der Waals surface area (Å²) in [6.45, 7) is 6.85. The molecule has 100 valence electrons. The molecule has 2 aliphatic rings. The molecule has 0 spiro atoms. The molecule has 1 saturated carbocycles. The van der Waals surface area contributed by atoms with Gasteiger partial charge in [-0.05, 0) is 32.1 Å². The monoisotopic (exact) mass is 247 g/mol. The molecule has 1 atom stereocenters. The van der Waals surface area contributed by atoms with E-state index in [-0.39, 0.29) is 5.54 Å². The summed E-state index contributed by atoms with van der Waals surface area (Å²) in [5.41, 5.74) is 2.92. The second kappa shape index (κ2) is 4.69. The van der Waals surface area contributed by atoms with Crippen molar-refractivity contribution < 1.29 is 0 Å². The molecular formula is C15H25N3. The largest absolute Gasteiger partial charge is 0.332 e. The number of rotatable bonds is 3. The van der Waals surface area contributed by atoms with Crippen molar-refractivity contribution >= 4 is 0 Å². The molecule has 0 amide bonds. The Balaban J connectivity index is 1.89. The minimum absolute atomic E-state index is 0.128. The minimum Gasteiger partial charge on any atom is -0.332 e. The molecule has 0 saturated heterocycles. The van der Waals surface area contributed by atoms with E-state index in [1.807, 2.05) is 0 Å². The summed E-state index contributed by atoms with van der Waals surface area (Å²) in [7, 11) is 0. The van der Waals surface area contributed by atoms with Crippen molar-refractivity contribution in [1.29, 1.82) is 0 Å². The van der Waals surface area contributed by atoms with Crippen LogP contribution >= 0.6 is 0 Å². The van der Waals surface area contributed by atoms with Crippen molar-refractivity contribution in [2.75, 3.05) is 6.54 Å². The lowest BCUT2D eigenvalue weighted by Gasteiger charge is -2.35. The number of nitrogens with zero attached hydrogens (tertiary/aromatic N) is 2. The predicted octanol–water partition coefficient (Wildman–Crippen LogP) is 2.84. The van der Waals surface area contributed by atoms with E-state index in [0.29, 0.717) is 0 Å². The quantitative estimate of drug-likeness (QED) is 0.890.